The van der Waals surface area contributed by atoms with Crippen molar-refractivity contribution in [3.05, 3.63) is 52.0 Å². The Kier molecular flexibility index (Phi) is 5.68. The Morgan fingerprint density at radius 3 is 3.05 bits per heavy atom. The highest BCUT2D eigenvalue weighted by Crippen LogP contribution is 2.18. The Hall–Kier alpha value is -2.18. The number of aliphatic hydroxyl groups excluding tert-OH is 1. The summed E-state index contributed by atoms with van der Waals surface area (Å²) >= 11 is 1.53. The topological polar surface area (TPSA) is 71.5 Å². The Labute approximate surface area is 133 Å². The predicted octanol–water partition coefficient (Wildman–Crippen LogP) is 2.32. The number of aryl methyl sites for hydroxylation is 1. The van der Waals surface area contributed by atoms with Gasteiger partial charge in [0.2, 0.25) is 5.91 Å². The van der Waals surface area contributed by atoms with Crippen molar-refractivity contribution in [2.75, 3.05) is 13.7 Å². The molecule has 1 atom stereocenters. The molecule has 1 amide bonds. The summed E-state index contributed by atoms with van der Waals surface area (Å²) in [5, 5.41) is 15.6. The molecule has 0 radical (unpaired) electrons. The molecular weight excluding hydrogens is 300 g/mol. The molecule has 5 nitrogen and oxygen atoms in total. The third-order valence-corrected chi connectivity index (χ3v) is 3.78. The summed E-state index contributed by atoms with van der Waals surface area (Å²) in [4.78, 5) is 16.0. The smallest absolute Gasteiger partial charge is 0.244 e. The lowest BCUT2D eigenvalue weighted by atomic mass is 10.1. The Morgan fingerprint density at radius 1 is 1.55 bits per heavy atom. The average molecular weight is 318 g/mol. The van der Waals surface area contributed by atoms with Gasteiger partial charge in [-0.25, -0.2) is 4.98 Å². The van der Waals surface area contributed by atoms with E-state index >= 15 is 0 Å². The SMILES string of the molecule is COc1cccc(C(O)CNC(=O)/C=C/c2csc(C)n2)c1. The fraction of sp³-hybridized carbons (Fsp3) is 0.250. The van der Waals surface area contributed by atoms with Crippen LogP contribution in [0, 0.1) is 6.92 Å². The van der Waals surface area contributed by atoms with Gasteiger partial charge in [0, 0.05) is 18.0 Å². The van der Waals surface area contributed by atoms with Crippen molar-refractivity contribution >= 4 is 23.3 Å². The number of nitrogens with one attached hydrogen (secondary N) is 1. The predicted molar refractivity (Wildman–Crippen MR) is 86.8 cm³/mol. The van der Waals surface area contributed by atoms with Crippen LogP contribution in [0.25, 0.3) is 6.08 Å². The summed E-state index contributed by atoms with van der Waals surface area (Å²) < 4.78 is 5.10. The number of ether oxygens (including phenoxy) is 1. The van der Waals surface area contributed by atoms with Crippen molar-refractivity contribution in [2.24, 2.45) is 0 Å². The minimum atomic E-state index is -0.783. The molecule has 0 bridgehead atoms. The van der Waals surface area contributed by atoms with Gasteiger partial charge in [-0.05, 0) is 30.7 Å². The molecule has 0 saturated heterocycles. The summed E-state index contributed by atoms with van der Waals surface area (Å²) in [7, 11) is 1.57. The zero-order valence-electron chi connectivity index (χ0n) is 12.4. The molecule has 0 fully saturated rings. The number of carbonyl (C=O) groups excluding carboxylic acids is 1. The third-order valence-electron chi connectivity index (χ3n) is 2.99. The number of aromatic nitrogens is 1. The van der Waals surface area contributed by atoms with E-state index in [-0.39, 0.29) is 12.5 Å². The van der Waals surface area contributed by atoms with Crippen LogP contribution in [0.5, 0.6) is 5.75 Å². The molecule has 22 heavy (non-hydrogen) atoms. The van der Waals surface area contributed by atoms with E-state index in [1.54, 1.807) is 37.5 Å². The first-order valence-electron chi connectivity index (χ1n) is 6.78. The summed E-state index contributed by atoms with van der Waals surface area (Å²) in [6.45, 7) is 2.04. The monoisotopic (exact) mass is 318 g/mol. The van der Waals surface area contributed by atoms with Gasteiger partial charge in [0.25, 0.3) is 0 Å². The second kappa shape index (κ2) is 7.72. The minimum absolute atomic E-state index is 0.131. The van der Waals surface area contributed by atoms with E-state index in [0.717, 1.165) is 10.7 Å². The number of hydrogen-bond donors (Lipinski definition) is 2. The number of hydrogen-bond acceptors (Lipinski definition) is 5. The lowest BCUT2D eigenvalue weighted by Crippen LogP contribution is -2.26. The lowest BCUT2D eigenvalue weighted by molar-refractivity contribution is -0.116. The summed E-state index contributed by atoms with van der Waals surface area (Å²) in [6.07, 6.45) is 2.28. The van der Waals surface area contributed by atoms with Gasteiger partial charge in [0.15, 0.2) is 0 Å². The maximum absolute atomic E-state index is 11.7. The molecule has 2 rings (SSSR count). The average Bonchev–Trinajstić information content (AvgIpc) is 2.96. The van der Waals surface area contributed by atoms with Crippen LogP contribution >= 0.6 is 11.3 Å². The lowest BCUT2D eigenvalue weighted by Gasteiger charge is -2.12. The molecule has 116 valence electrons. The Morgan fingerprint density at radius 2 is 2.36 bits per heavy atom. The number of rotatable bonds is 6. The first kappa shape index (κ1) is 16.2. The van der Waals surface area contributed by atoms with E-state index in [4.69, 9.17) is 4.74 Å². The highest BCUT2D eigenvalue weighted by molar-refractivity contribution is 7.09. The van der Waals surface area contributed by atoms with Gasteiger partial charge in [-0.3, -0.25) is 4.79 Å². The van der Waals surface area contributed by atoms with Gasteiger partial charge in [0.05, 0.1) is 23.9 Å². The van der Waals surface area contributed by atoms with Crippen molar-refractivity contribution in [1.82, 2.24) is 10.3 Å². The molecule has 1 unspecified atom stereocenters. The van der Waals surface area contributed by atoms with Gasteiger partial charge >= 0.3 is 0 Å². The number of carbonyl (C=O) groups is 1. The van der Waals surface area contributed by atoms with Crippen molar-refractivity contribution in [3.8, 4) is 5.75 Å². The largest absolute Gasteiger partial charge is 0.497 e. The zero-order chi connectivity index (χ0) is 15.9. The van der Waals surface area contributed by atoms with E-state index in [9.17, 15) is 9.90 Å². The molecule has 1 aromatic carbocycles. The molecule has 0 aliphatic heterocycles. The van der Waals surface area contributed by atoms with Gasteiger partial charge in [-0.1, -0.05) is 12.1 Å². The van der Waals surface area contributed by atoms with Crippen molar-refractivity contribution in [1.29, 1.82) is 0 Å². The van der Waals surface area contributed by atoms with Crippen LogP contribution in [0.4, 0.5) is 0 Å². The number of nitrogens with zero attached hydrogens (tertiary/aromatic N) is 1. The molecule has 1 aromatic heterocycles. The van der Waals surface area contributed by atoms with E-state index in [1.807, 2.05) is 12.3 Å². The van der Waals surface area contributed by atoms with E-state index in [0.29, 0.717) is 11.3 Å². The molecule has 0 saturated carbocycles. The molecule has 0 aliphatic rings. The number of thiazole rings is 1. The maximum atomic E-state index is 11.7. The minimum Gasteiger partial charge on any atom is -0.497 e. The first-order valence-corrected chi connectivity index (χ1v) is 7.66. The molecule has 6 heteroatoms. The van der Waals surface area contributed by atoms with Crippen LogP contribution in [0.1, 0.15) is 22.4 Å². The third kappa shape index (κ3) is 4.68. The normalized spacial score (nSPS) is 12.3. The van der Waals surface area contributed by atoms with Gasteiger partial charge < -0.3 is 15.2 Å². The van der Waals surface area contributed by atoms with Crippen LogP contribution in [-0.2, 0) is 4.79 Å². The molecule has 0 aliphatic carbocycles. The van der Waals surface area contributed by atoms with Crippen LogP contribution in [0.3, 0.4) is 0 Å². The second-order valence-corrected chi connectivity index (χ2v) is 5.72. The van der Waals surface area contributed by atoms with E-state index in [1.165, 1.54) is 17.4 Å². The summed E-state index contributed by atoms with van der Waals surface area (Å²) in [5.41, 5.74) is 1.45. The molecule has 1 heterocycles. The van der Waals surface area contributed by atoms with Gasteiger partial charge in [-0.15, -0.1) is 11.3 Å². The van der Waals surface area contributed by atoms with Crippen molar-refractivity contribution in [3.63, 3.8) is 0 Å². The standard InChI is InChI=1S/C16H18N2O3S/c1-11-18-13(10-22-11)6-7-16(20)17-9-15(19)12-4-3-5-14(8-12)21-2/h3-8,10,15,19H,9H2,1-2H3,(H,17,20)/b7-6+. The maximum Gasteiger partial charge on any atom is 0.244 e. The molecule has 0 spiro atoms. The number of aliphatic hydroxyl groups is 1. The van der Waals surface area contributed by atoms with Crippen LogP contribution in [0.2, 0.25) is 0 Å². The Bertz CT molecular complexity index is 667. The van der Waals surface area contributed by atoms with E-state index in [2.05, 4.69) is 10.3 Å². The van der Waals surface area contributed by atoms with Crippen molar-refractivity contribution < 1.29 is 14.6 Å². The molecular formula is C16H18N2O3S. The van der Waals surface area contributed by atoms with Crippen LogP contribution < -0.4 is 10.1 Å². The van der Waals surface area contributed by atoms with Gasteiger partial charge in [0.1, 0.15) is 5.75 Å². The van der Waals surface area contributed by atoms with Gasteiger partial charge in [-0.2, -0.15) is 0 Å². The quantitative estimate of drug-likeness (QED) is 0.802. The molecule has 2 N–H and O–H groups in total. The zero-order valence-corrected chi connectivity index (χ0v) is 13.3. The number of methoxy groups -OCH3 is 1. The first-order chi connectivity index (χ1) is 10.6. The number of amides is 1. The second-order valence-electron chi connectivity index (χ2n) is 4.66. The van der Waals surface area contributed by atoms with Crippen LogP contribution in [0.15, 0.2) is 35.7 Å². The van der Waals surface area contributed by atoms with E-state index < -0.39 is 6.10 Å². The van der Waals surface area contributed by atoms with Crippen molar-refractivity contribution in [2.45, 2.75) is 13.0 Å². The summed E-state index contributed by atoms with van der Waals surface area (Å²) in [6, 6.07) is 7.12. The molecule has 2 aromatic rings. The highest BCUT2D eigenvalue weighted by atomic mass is 32.1. The number of benzene rings is 1. The Balaban J connectivity index is 1.86. The van der Waals surface area contributed by atoms with Crippen LogP contribution in [-0.4, -0.2) is 29.7 Å². The fourth-order valence-corrected chi connectivity index (χ4v) is 2.42. The summed E-state index contributed by atoms with van der Waals surface area (Å²) in [5.74, 6) is 0.397. The highest BCUT2D eigenvalue weighted by Gasteiger charge is 2.09. The fourth-order valence-electron chi connectivity index (χ4n) is 1.84.